The van der Waals surface area contributed by atoms with E-state index in [1.165, 1.54) is 30.3 Å². The summed E-state index contributed by atoms with van der Waals surface area (Å²) < 4.78 is 62.8. The first kappa shape index (κ1) is 20.1. The van der Waals surface area contributed by atoms with Gasteiger partial charge in [-0.15, -0.1) is 0 Å². The highest BCUT2D eigenvalue weighted by Crippen LogP contribution is 2.29. The minimum absolute atomic E-state index is 0.00714. The van der Waals surface area contributed by atoms with E-state index in [0.717, 1.165) is 18.4 Å². The molecular formula is C16H14ClF3N2O3S. The van der Waals surface area contributed by atoms with Crippen LogP contribution < -0.4 is 10.0 Å². The number of sulfonamides is 1. The van der Waals surface area contributed by atoms with Crippen LogP contribution in [0.2, 0.25) is 5.02 Å². The SMILES string of the molecule is CS(=O)(=O)Nc1ccc(Cl)c(C(=O)NCc2cccc(C(F)(F)F)c2)c1. The molecule has 0 bridgehead atoms. The summed E-state index contributed by atoms with van der Waals surface area (Å²) in [5, 5.41) is 2.53. The Hall–Kier alpha value is -2.26. The van der Waals surface area contributed by atoms with Crippen LogP contribution in [0.4, 0.5) is 18.9 Å². The van der Waals surface area contributed by atoms with E-state index >= 15 is 0 Å². The standard InChI is InChI=1S/C16H14ClF3N2O3S/c1-26(24,25)22-12-5-6-14(17)13(8-12)15(23)21-9-10-3-2-4-11(7-10)16(18,19)20/h2-8,22H,9H2,1H3,(H,21,23). The lowest BCUT2D eigenvalue weighted by Crippen LogP contribution is -2.23. The van der Waals surface area contributed by atoms with Crippen molar-refractivity contribution in [3.05, 3.63) is 64.2 Å². The van der Waals surface area contributed by atoms with Crippen molar-refractivity contribution in [2.24, 2.45) is 0 Å². The summed E-state index contributed by atoms with van der Waals surface area (Å²) in [4.78, 5) is 12.2. The van der Waals surface area contributed by atoms with E-state index < -0.39 is 27.7 Å². The maximum Gasteiger partial charge on any atom is 0.416 e. The molecule has 0 fully saturated rings. The average Bonchev–Trinajstić information content (AvgIpc) is 2.52. The molecular weight excluding hydrogens is 393 g/mol. The van der Waals surface area contributed by atoms with Crippen LogP contribution in [0.25, 0.3) is 0 Å². The molecule has 0 saturated carbocycles. The Balaban J connectivity index is 2.14. The second kappa shape index (κ2) is 7.55. The lowest BCUT2D eigenvalue weighted by atomic mass is 10.1. The zero-order valence-corrected chi connectivity index (χ0v) is 15.0. The number of alkyl halides is 3. The van der Waals surface area contributed by atoms with Gasteiger partial charge in [0.15, 0.2) is 0 Å². The Morgan fingerprint density at radius 1 is 1.15 bits per heavy atom. The molecule has 140 valence electrons. The smallest absolute Gasteiger partial charge is 0.348 e. The second-order valence-electron chi connectivity index (χ2n) is 5.45. The topological polar surface area (TPSA) is 75.3 Å². The van der Waals surface area contributed by atoms with Crippen LogP contribution >= 0.6 is 11.6 Å². The monoisotopic (exact) mass is 406 g/mol. The minimum Gasteiger partial charge on any atom is -0.348 e. The first-order chi connectivity index (χ1) is 12.0. The summed E-state index contributed by atoms with van der Waals surface area (Å²) in [6, 6.07) is 8.52. The molecule has 2 N–H and O–H groups in total. The summed E-state index contributed by atoms with van der Waals surface area (Å²) in [6.07, 6.45) is -3.52. The minimum atomic E-state index is -4.48. The fourth-order valence-corrected chi connectivity index (χ4v) is 2.87. The van der Waals surface area contributed by atoms with Crippen LogP contribution in [0.5, 0.6) is 0 Å². The predicted molar refractivity (Wildman–Crippen MR) is 92.5 cm³/mol. The van der Waals surface area contributed by atoms with Gasteiger partial charge in [-0.3, -0.25) is 9.52 Å². The van der Waals surface area contributed by atoms with Gasteiger partial charge < -0.3 is 5.32 Å². The Morgan fingerprint density at radius 2 is 1.85 bits per heavy atom. The number of nitrogens with one attached hydrogen (secondary N) is 2. The van der Waals surface area contributed by atoms with E-state index in [1.54, 1.807) is 0 Å². The van der Waals surface area contributed by atoms with E-state index in [-0.39, 0.29) is 28.4 Å². The van der Waals surface area contributed by atoms with Crippen LogP contribution in [0.1, 0.15) is 21.5 Å². The third kappa shape index (κ3) is 5.63. The van der Waals surface area contributed by atoms with Gasteiger partial charge >= 0.3 is 6.18 Å². The highest BCUT2D eigenvalue weighted by molar-refractivity contribution is 7.92. The molecule has 0 radical (unpaired) electrons. The molecule has 2 aromatic carbocycles. The number of benzene rings is 2. The summed E-state index contributed by atoms with van der Waals surface area (Å²) in [5.74, 6) is -0.649. The highest BCUT2D eigenvalue weighted by Gasteiger charge is 2.30. The Labute approximate surface area is 153 Å². The molecule has 1 amide bonds. The van der Waals surface area contributed by atoms with Gasteiger partial charge in [-0.25, -0.2) is 8.42 Å². The van der Waals surface area contributed by atoms with Crippen LogP contribution in [-0.2, 0) is 22.7 Å². The molecule has 0 aromatic heterocycles. The zero-order chi connectivity index (χ0) is 19.5. The van der Waals surface area contributed by atoms with E-state index in [1.807, 2.05) is 0 Å². The molecule has 0 aliphatic rings. The van der Waals surface area contributed by atoms with Crippen LogP contribution in [0, 0.1) is 0 Å². The van der Waals surface area contributed by atoms with Gasteiger partial charge in [0.05, 0.1) is 22.4 Å². The highest BCUT2D eigenvalue weighted by atomic mass is 35.5. The molecule has 2 rings (SSSR count). The Kier molecular flexibility index (Phi) is 5.82. The van der Waals surface area contributed by atoms with Crippen molar-refractivity contribution in [3.63, 3.8) is 0 Å². The fraction of sp³-hybridized carbons (Fsp3) is 0.188. The number of hydrogen-bond donors (Lipinski definition) is 2. The number of carbonyl (C=O) groups excluding carboxylic acids is 1. The van der Waals surface area contributed by atoms with E-state index in [9.17, 15) is 26.4 Å². The summed E-state index contributed by atoms with van der Waals surface area (Å²) in [5.41, 5.74) is -0.426. The number of carbonyl (C=O) groups is 1. The largest absolute Gasteiger partial charge is 0.416 e. The number of halogens is 4. The van der Waals surface area contributed by atoms with Crippen molar-refractivity contribution < 1.29 is 26.4 Å². The van der Waals surface area contributed by atoms with Crippen LogP contribution in [-0.4, -0.2) is 20.6 Å². The third-order valence-electron chi connectivity index (χ3n) is 3.22. The quantitative estimate of drug-likeness (QED) is 0.795. The van der Waals surface area contributed by atoms with Gasteiger partial charge in [0.2, 0.25) is 10.0 Å². The maximum absolute atomic E-state index is 12.7. The van der Waals surface area contributed by atoms with Crippen molar-refractivity contribution in [3.8, 4) is 0 Å². The number of amides is 1. The average molecular weight is 407 g/mol. The van der Waals surface area contributed by atoms with Crippen molar-refractivity contribution >= 4 is 33.2 Å². The molecule has 0 heterocycles. The molecule has 0 aliphatic carbocycles. The van der Waals surface area contributed by atoms with E-state index in [4.69, 9.17) is 11.6 Å². The van der Waals surface area contributed by atoms with Gasteiger partial charge in [-0.05, 0) is 35.9 Å². The Morgan fingerprint density at radius 3 is 2.46 bits per heavy atom. The van der Waals surface area contributed by atoms with Crippen LogP contribution in [0.3, 0.4) is 0 Å². The molecule has 2 aromatic rings. The lowest BCUT2D eigenvalue weighted by Gasteiger charge is -2.11. The summed E-state index contributed by atoms with van der Waals surface area (Å²) in [6.45, 7) is -0.150. The number of hydrogen-bond acceptors (Lipinski definition) is 3. The van der Waals surface area contributed by atoms with Crippen molar-refractivity contribution in [2.75, 3.05) is 11.0 Å². The molecule has 0 atom stereocenters. The normalized spacial score (nSPS) is 11.9. The number of rotatable bonds is 5. The van der Waals surface area contributed by atoms with E-state index in [0.29, 0.717) is 0 Å². The van der Waals surface area contributed by atoms with Gasteiger partial charge in [-0.1, -0.05) is 23.7 Å². The summed E-state index contributed by atoms with van der Waals surface area (Å²) >= 11 is 5.94. The van der Waals surface area contributed by atoms with Crippen LogP contribution in [0.15, 0.2) is 42.5 Å². The van der Waals surface area contributed by atoms with Gasteiger partial charge in [0, 0.05) is 12.2 Å². The molecule has 0 spiro atoms. The first-order valence-electron chi connectivity index (χ1n) is 7.17. The molecule has 5 nitrogen and oxygen atoms in total. The molecule has 10 heteroatoms. The van der Waals surface area contributed by atoms with Crippen molar-refractivity contribution in [1.82, 2.24) is 5.32 Å². The number of anilines is 1. The third-order valence-corrected chi connectivity index (χ3v) is 4.16. The summed E-state index contributed by atoms with van der Waals surface area (Å²) in [7, 11) is -3.54. The second-order valence-corrected chi connectivity index (χ2v) is 7.61. The molecule has 0 saturated heterocycles. The maximum atomic E-state index is 12.7. The first-order valence-corrected chi connectivity index (χ1v) is 9.44. The van der Waals surface area contributed by atoms with Crippen molar-refractivity contribution in [1.29, 1.82) is 0 Å². The van der Waals surface area contributed by atoms with Gasteiger partial charge in [0.1, 0.15) is 0 Å². The Bertz CT molecular complexity index is 931. The van der Waals surface area contributed by atoms with Crippen molar-refractivity contribution in [2.45, 2.75) is 12.7 Å². The lowest BCUT2D eigenvalue weighted by molar-refractivity contribution is -0.137. The van der Waals surface area contributed by atoms with Gasteiger partial charge in [0.25, 0.3) is 5.91 Å². The van der Waals surface area contributed by atoms with E-state index in [2.05, 4.69) is 10.0 Å². The predicted octanol–water partition coefficient (Wildman–Crippen LogP) is 3.66. The molecule has 26 heavy (non-hydrogen) atoms. The molecule has 0 aliphatic heterocycles. The zero-order valence-electron chi connectivity index (χ0n) is 13.4. The molecule has 0 unspecified atom stereocenters. The fourth-order valence-electron chi connectivity index (χ4n) is 2.11. The van der Waals surface area contributed by atoms with Gasteiger partial charge in [-0.2, -0.15) is 13.2 Å².